The fourth-order valence-corrected chi connectivity index (χ4v) is 6.75. The molecule has 1 saturated heterocycles. The van der Waals surface area contributed by atoms with Gasteiger partial charge < -0.3 is 0 Å². The van der Waals surface area contributed by atoms with E-state index in [9.17, 15) is 0 Å². The minimum absolute atomic E-state index is 0.0959. The Kier molecular flexibility index (Phi) is 3.44. The van der Waals surface area contributed by atoms with Crippen LogP contribution in [0.5, 0.6) is 0 Å². The van der Waals surface area contributed by atoms with Crippen molar-refractivity contribution < 1.29 is 0 Å². The second-order valence-corrected chi connectivity index (χ2v) is 9.05. The largest absolute Gasteiger partial charge is 0.134 e. The average Bonchev–Trinajstić information content (AvgIpc) is 2.92. The number of fused-ring (bicyclic) bond motifs is 1. The van der Waals surface area contributed by atoms with Crippen LogP contribution >= 0.6 is 75.5 Å². The summed E-state index contributed by atoms with van der Waals surface area (Å²) in [6.07, 6.45) is 4.43. The zero-order chi connectivity index (χ0) is 12.2. The molecular weight excluding hydrogens is 496 g/mol. The molecule has 5 heteroatoms. The SMILES string of the molecule is BrC1=CC2(c3cc(Br)cc(Br)c3)SC2C(Br)=C1. The molecule has 0 N–H and O–H groups in total. The Balaban J connectivity index is 2.10. The molecule has 0 bridgehead atoms. The first-order valence-electron chi connectivity index (χ1n) is 4.91. The number of thioether (sulfide) groups is 1. The molecule has 0 saturated carbocycles. The first-order valence-corrected chi connectivity index (χ1v) is 8.96. The van der Waals surface area contributed by atoms with Crippen molar-refractivity contribution in [1.29, 1.82) is 0 Å². The lowest BCUT2D eigenvalue weighted by atomic mass is 9.92. The Morgan fingerprint density at radius 2 is 1.65 bits per heavy atom. The molecule has 0 nitrogen and oxygen atoms in total. The highest BCUT2D eigenvalue weighted by molar-refractivity contribution is 9.12. The zero-order valence-corrected chi connectivity index (χ0v) is 15.5. The van der Waals surface area contributed by atoms with Crippen LogP contribution < -0.4 is 0 Å². The molecule has 3 rings (SSSR count). The molecule has 0 spiro atoms. The molecule has 1 fully saturated rings. The van der Waals surface area contributed by atoms with E-state index in [0.717, 1.165) is 13.4 Å². The van der Waals surface area contributed by atoms with Gasteiger partial charge in [0.1, 0.15) is 0 Å². The smallest absolute Gasteiger partial charge is 0.0774 e. The van der Waals surface area contributed by atoms with Crippen LogP contribution in [0.25, 0.3) is 0 Å². The first kappa shape index (κ1) is 13.0. The van der Waals surface area contributed by atoms with Crippen molar-refractivity contribution in [1.82, 2.24) is 0 Å². The predicted octanol–water partition coefficient (Wildman–Crippen LogP) is 6.09. The molecule has 1 aromatic rings. The molecule has 0 amide bonds. The molecule has 1 aliphatic carbocycles. The van der Waals surface area contributed by atoms with E-state index in [1.807, 2.05) is 11.8 Å². The number of halogens is 4. The zero-order valence-electron chi connectivity index (χ0n) is 8.38. The van der Waals surface area contributed by atoms with Gasteiger partial charge >= 0.3 is 0 Å². The lowest BCUT2D eigenvalue weighted by Crippen LogP contribution is -2.12. The predicted molar refractivity (Wildman–Crippen MR) is 88.9 cm³/mol. The summed E-state index contributed by atoms with van der Waals surface area (Å²) >= 11 is 16.3. The molecule has 88 valence electrons. The maximum Gasteiger partial charge on any atom is 0.0774 e. The van der Waals surface area contributed by atoms with Gasteiger partial charge in [0.15, 0.2) is 0 Å². The Hall–Kier alpha value is 0.970. The highest BCUT2D eigenvalue weighted by Gasteiger charge is 2.58. The topological polar surface area (TPSA) is 0 Å². The van der Waals surface area contributed by atoms with Crippen LogP contribution in [0.15, 0.2) is 48.3 Å². The Labute approximate surface area is 138 Å². The van der Waals surface area contributed by atoms with Crippen LogP contribution in [0.4, 0.5) is 0 Å². The molecule has 1 heterocycles. The van der Waals surface area contributed by atoms with Gasteiger partial charge in [-0.3, -0.25) is 0 Å². The van der Waals surface area contributed by atoms with Gasteiger partial charge in [-0.15, -0.1) is 11.8 Å². The second-order valence-electron chi connectivity index (χ2n) is 4.01. The third-order valence-corrected chi connectivity index (χ3v) is 6.79. The monoisotopic (exact) mass is 498 g/mol. The number of benzene rings is 1. The van der Waals surface area contributed by atoms with Gasteiger partial charge in [-0.25, -0.2) is 0 Å². The summed E-state index contributed by atoms with van der Waals surface area (Å²) in [6.45, 7) is 0. The minimum Gasteiger partial charge on any atom is -0.134 e. The fourth-order valence-electron chi connectivity index (χ4n) is 2.07. The molecule has 2 aliphatic rings. The fraction of sp³-hybridized carbons (Fsp3) is 0.167. The van der Waals surface area contributed by atoms with Crippen LogP contribution in [-0.2, 0) is 4.75 Å². The summed E-state index contributed by atoms with van der Waals surface area (Å²) in [5.41, 5.74) is 1.33. The van der Waals surface area contributed by atoms with E-state index in [1.165, 1.54) is 10.0 Å². The highest BCUT2D eigenvalue weighted by Crippen LogP contribution is 2.68. The van der Waals surface area contributed by atoms with Gasteiger partial charge in [0.05, 0.1) is 10.00 Å². The molecule has 1 aliphatic heterocycles. The standard InChI is InChI=1S/C12H6Br4S/c13-7-1-6(2-8(14)3-7)12-5-9(15)4-10(16)11(12)17-12/h1-5,11H. The van der Waals surface area contributed by atoms with Crippen LogP contribution in [0.3, 0.4) is 0 Å². The molecule has 1 aromatic carbocycles. The summed E-state index contributed by atoms with van der Waals surface area (Å²) in [7, 11) is 0. The number of hydrogen-bond donors (Lipinski definition) is 0. The van der Waals surface area contributed by atoms with Crippen molar-refractivity contribution in [3.8, 4) is 0 Å². The first-order chi connectivity index (χ1) is 8.01. The van der Waals surface area contributed by atoms with Crippen molar-refractivity contribution in [2.75, 3.05) is 0 Å². The van der Waals surface area contributed by atoms with E-state index in [-0.39, 0.29) is 4.75 Å². The summed E-state index contributed by atoms with van der Waals surface area (Å²) < 4.78 is 4.71. The summed E-state index contributed by atoms with van der Waals surface area (Å²) in [5.74, 6) is 0. The lowest BCUT2D eigenvalue weighted by molar-refractivity contribution is 0.895. The normalized spacial score (nSPS) is 30.5. The van der Waals surface area contributed by atoms with Gasteiger partial charge in [-0.05, 0) is 35.9 Å². The van der Waals surface area contributed by atoms with E-state index in [1.54, 1.807) is 0 Å². The molecule has 17 heavy (non-hydrogen) atoms. The van der Waals surface area contributed by atoms with E-state index in [0.29, 0.717) is 5.25 Å². The quantitative estimate of drug-likeness (QED) is 0.419. The maximum atomic E-state index is 3.65. The van der Waals surface area contributed by atoms with Gasteiger partial charge in [0, 0.05) is 17.9 Å². The van der Waals surface area contributed by atoms with Crippen LogP contribution in [0.2, 0.25) is 0 Å². The van der Waals surface area contributed by atoms with Crippen LogP contribution in [0, 0.1) is 0 Å². The van der Waals surface area contributed by atoms with Crippen molar-refractivity contribution in [2.24, 2.45) is 0 Å². The number of allylic oxidation sites excluding steroid dienone is 2. The molecule has 2 unspecified atom stereocenters. The molecule has 0 aromatic heterocycles. The van der Waals surface area contributed by atoms with E-state index in [2.05, 4.69) is 94.1 Å². The van der Waals surface area contributed by atoms with Gasteiger partial charge in [0.25, 0.3) is 0 Å². The maximum absolute atomic E-state index is 3.65. The van der Waals surface area contributed by atoms with E-state index in [4.69, 9.17) is 0 Å². The van der Waals surface area contributed by atoms with Crippen LogP contribution in [-0.4, -0.2) is 5.25 Å². The summed E-state index contributed by atoms with van der Waals surface area (Å²) in [6, 6.07) is 6.45. The van der Waals surface area contributed by atoms with E-state index < -0.39 is 0 Å². The second kappa shape index (κ2) is 4.51. The Morgan fingerprint density at radius 3 is 2.29 bits per heavy atom. The number of hydrogen-bond acceptors (Lipinski definition) is 1. The van der Waals surface area contributed by atoms with Gasteiger partial charge in [-0.2, -0.15) is 0 Å². The summed E-state index contributed by atoms with van der Waals surface area (Å²) in [4.78, 5) is 0. The molecule has 0 radical (unpaired) electrons. The van der Waals surface area contributed by atoms with Gasteiger partial charge in [-0.1, -0.05) is 63.7 Å². The van der Waals surface area contributed by atoms with Crippen molar-refractivity contribution in [3.63, 3.8) is 0 Å². The van der Waals surface area contributed by atoms with Gasteiger partial charge in [0.2, 0.25) is 0 Å². The van der Waals surface area contributed by atoms with Crippen molar-refractivity contribution >= 4 is 75.5 Å². The highest BCUT2D eigenvalue weighted by atomic mass is 79.9. The average molecular weight is 502 g/mol. The third-order valence-electron chi connectivity index (χ3n) is 2.84. The molecular formula is C12H6Br4S. The summed E-state index contributed by atoms with van der Waals surface area (Å²) in [5, 5.41) is 0.519. The van der Waals surface area contributed by atoms with E-state index >= 15 is 0 Å². The van der Waals surface area contributed by atoms with Crippen LogP contribution in [0.1, 0.15) is 5.56 Å². The Morgan fingerprint density at radius 1 is 1.00 bits per heavy atom. The van der Waals surface area contributed by atoms with Crippen molar-refractivity contribution in [3.05, 3.63) is 53.8 Å². The molecule has 2 atom stereocenters. The lowest BCUT2D eigenvalue weighted by Gasteiger charge is -2.16. The van der Waals surface area contributed by atoms with Crippen molar-refractivity contribution in [2.45, 2.75) is 10.00 Å². The minimum atomic E-state index is 0.0959. The number of rotatable bonds is 1. The third kappa shape index (κ3) is 2.27. The Bertz CT molecular complexity index is 543.